The third-order valence-electron chi connectivity index (χ3n) is 4.61. The average Bonchev–Trinajstić information content (AvgIpc) is 3.21. The third kappa shape index (κ3) is 3.59. The molecule has 0 radical (unpaired) electrons. The molecule has 3 aliphatic rings. The highest BCUT2D eigenvalue weighted by atomic mass is 32.2. The van der Waals surface area contributed by atoms with Crippen molar-refractivity contribution in [1.82, 2.24) is 9.99 Å². The van der Waals surface area contributed by atoms with Crippen molar-refractivity contribution >= 4 is 43.8 Å². The standard InChI is InChI=1S/C15H18N4O4S2/c20-13-4-3-11(18-19(13)10-5-6-25(22,23)8-10)14(21)17-15-16-12(7-24-15)9-1-2-9/h7,9-10H,1-6,8H2,(H,16,17,21)/t10-/m0/s1. The summed E-state index contributed by atoms with van der Waals surface area (Å²) >= 11 is 1.38. The molecule has 2 aliphatic heterocycles. The van der Waals surface area contributed by atoms with Gasteiger partial charge in [-0.2, -0.15) is 5.10 Å². The first-order chi connectivity index (χ1) is 11.9. The summed E-state index contributed by atoms with van der Waals surface area (Å²) < 4.78 is 23.3. The number of amides is 2. The highest BCUT2D eigenvalue weighted by Crippen LogP contribution is 2.40. The van der Waals surface area contributed by atoms with Crippen LogP contribution in [0.15, 0.2) is 10.5 Å². The van der Waals surface area contributed by atoms with Crippen LogP contribution in [-0.4, -0.2) is 53.5 Å². The first-order valence-electron chi connectivity index (χ1n) is 8.28. The maximum Gasteiger partial charge on any atom is 0.273 e. The zero-order valence-electron chi connectivity index (χ0n) is 13.5. The normalized spacial score (nSPS) is 25.8. The zero-order chi connectivity index (χ0) is 17.6. The van der Waals surface area contributed by atoms with Crippen LogP contribution in [0, 0.1) is 0 Å². The van der Waals surface area contributed by atoms with Crippen molar-refractivity contribution in [2.75, 3.05) is 16.8 Å². The van der Waals surface area contributed by atoms with Crippen molar-refractivity contribution in [3.63, 3.8) is 0 Å². The van der Waals surface area contributed by atoms with Gasteiger partial charge in [0.15, 0.2) is 15.0 Å². The van der Waals surface area contributed by atoms with Crippen LogP contribution in [0.2, 0.25) is 0 Å². The molecule has 0 unspecified atom stereocenters. The van der Waals surface area contributed by atoms with Crippen molar-refractivity contribution in [3.05, 3.63) is 11.1 Å². The van der Waals surface area contributed by atoms with Gasteiger partial charge in [0.2, 0.25) is 5.91 Å². The largest absolute Gasteiger partial charge is 0.297 e. The Hall–Kier alpha value is -1.81. The van der Waals surface area contributed by atoms with Gasteiger partial charge in [-0.1, -0.05) is 0 Å². The molecule has 25 heavy (non-hydrogen) atoms. The van der Waals surface area contributed by atoms with E-state index >= 15 is 0 Å². The zero-order valence-corrected chi connectivity index (χ0v) is 15.1. The minimum absolute atomic E-state index is 0.0571. The molecule has 0 spiro atoms. The molecule has 10 heteroatoms. The molecule has 1 saturated heterocycles. The molecule has 1 aromatic rings. The number of nitrogens with one attached hydrogen (secondary N) is 1. The average molecular weight is 382 g/mol. The number of anilines is 1. The summed E-state index contributed by atoms with van der Waals surface area (Å²) in [6, 6.07) is -0.470. The second-order valence-electron chi connectivity index (χ2n) is 6.65. The Morgan fingerprint density at radius 2 is 2.08 bits per heavy atom. The molecule has 1 saturated carbocycles. The molecule has 3 heterocycles. The highest BCUT2D eigenvalue weighted by molar-refractivity contribution is 7.91. The van der Waals surface area contributed by atoms with Crippen LogP contribution in [0.25, 0.3) is 0 Å². The van der Waals surface area contributed by atoms with Gasteiger partial charge < -0.3 is 0 Å². The van der Waals surface area contributed by atoms with Gasteiger partial charge in [-0.05, 0) is 19.3 Å². The summed E-state index contributed by atoms with van der Waals surface area (Å²) in [6.07, 6.45) is 3.07. The Kier molecular flexibility index (Phi) is 4.11. The Morgan fingerprint density at radius 3 is 2.76 bits per heavy atom. The summed E-state index contributed by atoms with van der Waals surface area (Å²) in [5.74, 6) is -0.124. The second kappa shape index (κ2) is 6.17. The maximum atomic E-state index is 12.4. The van der Waals surface area contributed by atoms with Crippen molar-refractivity contribution in [2.24, 2.45) is 5.10 Å². The molecular weight excluding hydrogens is 364 g/mol. The van der Waals surface area contributed by atoms with Gasteiger partial charge in [0.1, 0.15) is 5.71 Å². The van der Waals surface area contributed by atoms with E-state index in [1.54, 1.807) is 0 Å². The van der Waals surface area contributed by atoms with Crippen molar-refractivity contribution in [1.29, 1.82) is 0 Å². The molecule has 2 amide bonds. The molecule has 0 aromatic carbocycles. The molecule has 8 nitrogen and oxygen atoms in total. The van der Waals surface area contributed by atoms with Crippen molar-refractivity contribution < 1.29 is 18.0 Å². The monoisotopic (exact) mass is 382 g/mol. The van der Waals surface area contributed by atoms with Crippen LogP contribution in [0.3, 0.4) is 0 Å². The van der Waals surface area contributed by atoms with E-state index in [0.29, 0.717) is 17.5 Å². The predicted octanol–water partition coefficient (Wildman–Crippen LogP) is 1.12. The summed E-state index contributed by atoms with van der Waals surface area (Å²) in [5.41, 5.74) is 1.26. The van der Waals surface area contributed by atoms with Gasteiger partial charge in [0, 0.05) is 24.1 Å². The molecule has 1 atom stereocenters. The highest BCUT2D eigenvalue weighted by Gasteiger charge is 2.37. The number of rotatable bonds is 4. The summed E-state index contributed by atoms with van der Waals surface area (Å²) in [6.45, 7) is 0. The molecular formula is C15H18N4O4S2. The third-order valence-corrected chi connectivity index (χ3v) is 7.14. The number of sulfone groups is 1. The number of hydrogen-bond donors (Lipinski definition) is 1. The van der Waals surface area contributed by atoms with Gasteiger partial charge >= 0.3 is 0 Å². The fourth-order valence-electron chi connectivity index (χ4n) is 3.07. The van der Waals surface area contributed by atoms with E-state index in [1.807, 2.05) is 5.38 Å². The Morgan fingerprint density at radius 1 is 1.28 bits per heavy atom. The number of hydrogen-bond acceptors (Lipinski definition) is 7. The van der Waals surface area contributed by atoms with Crippen LogP contribution in [-0.2, 0) is 19.4 Å². The Balaban J connectivity index is 1.47. The molecule has 1 N–H and O–H groups in total. The quantitative estimate of drug-likeness (QED) is 0.839. The van der Waals surface area contributed by atoms with E-state index in [0.717, 1.165) is 18.5 Å². The van der Waals surface area contributed by atoms with Crippen LogP contribution in [0.1, 0.15) is 43.7 Å². The minimum atomic E-state index is -3.13. The molecule has 1 aromatic heterocycles. The van der Waals surface area contributed by atoms with Gasteiger partial charge in [-0.3, -0.25) is 14.9 Å². The van der Waals surface area contributed by atoms with Gasteiger partial charge in [-0.15, -0.1) is 11.3 Å². The molecule has 4 rings (SSSR count). The molecule has 0 bridgehead atoms. The first kappa shape index (κ1) is 16.6. The maximum absolute atomic E-state index is 12.4. The van der Waals surface area contributed by atoms with Gasteiger partial charge in [-0.25, -0.2) is 18.4 Å². The van der Waals surface area contributed by atoms with E-state index in [9.17, 15) is 18.0 Å². The van der Waals surface area contributed by atoms with E-state index in [1.165, 1.54) is 16.3 Å². The van der Waals surface area contributed by atoms with E-state index in [2.05, 4.69) is 15.4 Å². The first-order valence-corrected chi connectivity index (χ1v) is 11.0. The lowest BCUT2D eigenvalue weighted by Gasteiger charge is -2.27. The second-order valence-corrected chi connectivity index (χ2v) is 9.73. The van der Waals surface area contributed by atoms with Gasteiger partial charge in [0.05, 0.1) is 23.2 Å². The fourth-order valence-corrected chi connectivity index (χ4v) is 5.55. The Labute approximate surface area is 149 Å². The van der Waals surface area contributed by atoms with Crippen molar-refractivity contribution in [3.8, 4) is 0 Å². The van der Waals surface area contributed by atoms with E-state index < -0.39 is 15.9 Å². The predicted molar refractivity (Wildman–Crippen MR) is 93.3 cm³/mol. The fraction of sp³-hybridized carbons (Fsp3) is 0.600. The number of nitrogens with zero attached hydrogens (tertiary/aromatic N) is 3. The molecule has 134 valence electrons. The summed E-state index contributed by atoms with van der Waals surface area (Å²) in [7, 11) is -3.13. The van der Waals surface area contributed by atoms with Crippen molar-refractivity contribution in [2.45, 2.75) is 44.1 Å². The molecule has 1 aliphatic carbocycles. The Bertz CT molecular complexity index is 857. The number of aromatic nitrogens is 1. The lowest BCUT2D eigenvalue weighted by Crippen LogP contribution is -2.42. The number of carbonyl (C=O) groups excluding carboxylic acids is 2. The lowest BCUT2D eigenvalue weighted by molar-refractivity contribution is -0.133. The van der Waals surface area contributed by atoms with Gasteiger partial charge in [0.25, 0.3) is 5.91 Å². The number of thiazole rings is 1. The van der Waals surface area contributed by atoms with Crippen LogP contribution < -0.4 is 5.32 Å². The number of carbonyl (C=O) groups is 2. The van der Waals surface area contributed by atoms with Crippen LogP contribution in [0.4, 0.5) is 5.13 Å². The molecule has 2 fully saturated rings. The SMILES string of the molecule is O=C(Nc1nc(C2CC2)cs1)C1=NN([C@H]2CCS(=O)(=O)C2)C(=O)CC1. The van der Waals surface area contributed by atoms with Crippen LogP contribution in [0.5, 0.6) is 0 Å². The topological polar surface area (TPSA) is 109 Å². The van der Waals surface area contributed by atoms with Crippen LogP contribution >= 0.6 is 11.3 Å². The van der Waals surface area contributed by atoms with E-state index in [-0.39, 0.29) is 41.9 Å². The summed E-state index contributed by atoms with van der Waals surface area (Å²) in [5, 5.41) is 10.6. The van der Waals surface area contributed by atoms with E-state index in [4.69, 9.17) is 0 Å². The number of hydrazone groups is 1. The minimum Gasteiger partial charge on any atom is -0.297 e. The lowest BCUT2D eigenvalue weighted by atomic mass is 10.1. The smallest absolute Gasteiger partial charge is 0.273 e. The summed E-state index contributed by atoms with van der Waals surface area (Å²) in [4.78, 5) is 28.9.